The van der Waals surface area contributed by atoms with Gasteiger partial charge in [-0.1, -0.05) is 48.0 Å². The predicted octanol–water partition coefficient (Wildman–Crippen LogP) is 5.07. The Morgan fingerprint density at radius 3 is 2.58 bits per heavy atom. The summed E-state index contributed by atoms with van der Waals surface area (Å²) in [5.41, 5.74) is 2.40. The summed E-state index contributed by atoms with van der Waals surface area (Å²) in [6.45, 7) is 0.646. The quantitative estimate of drug-likeness (QED) is 0.557. The van der Waals surface area contributed by atoms with E-state index in [2.05, 4.69) is 0 Å². The second-order valence-electron chi connectivity index (χ2n) is 7.46. The van der Waals surface area contributed by atoms with Crippen molar-refractivity contribution in [2.75, 3.05) is 17.2 Å². The van der Waals surface area contributed by atoms with Crippen LogP contribution < -0.4 is 4.90 Å². The lowest BCUT2D eigenvalue weighted by Crippen LogP contribution is -2.50. The maximum Gasteiger partial charge on any atom is 0.268 e. The molecule has 0 aromatic heterocycles. The highest BCUT2D eigenvalue weighted by Gasteiger charge is 2.59. The number of thioether (sulfide) groups is 1. The van der Waals surface area contributed by atoms with Crippen molar-refractivity contribution in [1.82, 2.24) is 4.90 Å². The largest absolute Gasteiger partial charge is 0.311 e. The number of anilines is 1. The van der Waals surface area contributed by atoms with Gasteiger partial charge in [-0.3, -0.25) is 9.59 Å². The van der Waals surface area contributed by atoms with Crippen molar-refractivity contribution in [2.45, 2.75) is 11.4 Å². The molecule has 5 rings (SSSR count). The first-order valence-electron chi connectivity index (χ1n) is 9.89. The van der Waals surface area contributed by atoms with Crippen LogP contribution in [0.4, 0.5) is 10.1 Å². The minimum atomic E-state index is -1.29. The predicted molar refractivity (Wildman–Crippen MR) is 121 cm³/mol. The van der Waals surface area contributed by atoms with Crippen LogP contribution in [0.2, 0.25) is 5.02 Å². The summed E-state index contributed by atoms with van der Waals surface area (Å²) in [7, 11) is 0. The maximum absolute atomic E-state index is 14.3. The van der Waals surface area contributed by atoms with Gasteiger partial charge in [-0.15, -0.1) is 11.8 Å². The van der Waals surface area contributed by atoms with Crippen molar-refractivity contribution in [3.63, 3.8) is 0 Å². The minimum Gasteiger partial charge on any atom is -0.311 e. The van der Waals surface area contributed by atoms with Gasteiger partial charge in [0.15, 0.2) is 4.87 Å². The molecule has 1 spiro atoms. The highest BCUT2D eigenvalue weighted by atomic mass is 35.5. The summed E-state index contributed by atoms with van der Waals surface area (Å²) in [5, 5.41) is 0.552. The number of nitrogens with zero attached hydrogens (tertiary/aromatic N) is 2. The van der Waals surface area contributed by atoms with Crippen LogP contribution in [0.1, 0.15) is 21.5 Å². The van der Waals surface area contributed by atoms with Gasteiger partial charge in [-0.05, 0) is 42.0 Å². The number of hydrogen-bond donors (Lipinski definition) is 0. The molecule has 3 aromatic carbocycles. The maximum atomic E-state index is 14.3. The van der Waals surface area contributed by atoms with E-state index in [0.717, 1.165) is 5.56 Å². The molecule has 0 saturated carbocycles. The number of benzene rings is 3. The fourth-order valence-corrected chi connectivity index (χ4v) is 5.93. The molecule has 7 heteroatoms. The second kappa shape index (κ2) is 7.70. The molecule has 4 nitrogen and oxygen atoms in total. The van der Waals surface area contributed by atoms with Gasteiger partial charge in [0.1, 0.15) is 5.82 Å². The van der Waals surface area contributed by atoms with Crippen molar-refractivity contribution in [2.24, 2.45) is 0 Å². The van der Waals surface area contributed by atoms with Gasteiger partial charge >= 0.3 is 0 Å². The summed E-state index contributed by atoms with van der Waals surface area (Å²) in [6, 6.07) is 20.5. The molecule has 3 aromatic rings. The number of halogens is 2. The molecule has 1 saturated heterocycles. The Morgan fingerprint density at radius 2 is 1.81 bits per heavy atom. The Hall–Kier alpha value is -2.83. The molecule has 0 N–H and O–H groups in total. The summed E-state index contributed by atoms with van der Waals surface area (Å²) in [6.07, 6.45) is 0. The van der Waals surface area contributed by atoms with E-state index >= 15 is 0 Å². The van der Waals surface area contributed by atoms with Crippen molar-refractivity contribution in [1.29, 1.82) is 0 Å². The van der Waals surface area contributed by atoms with Crippen LogP contribution in [0.25, 0.3) is 0 Å². The summed E-state index contributed by atoms with van der Waals surface area (Å²) in [5.74, 6) is -0.348. The molecule has 2 aliphatic heterocycles. The van der Waals surface area contributed by atoms with E-state index in [1.54, 1.807) is 46.2 Å². The third kappa shape index (κ3) is 3.13. The monoisotopic (exact) mass is 452 g/mol. The minimum absolute atomic E-state index is 0.242. The van der Waals surface area contributed by atoms with Gasteiger partial charge in [0, 0.05) is 28.4 Å². The SMILES string of the molecule is O=C(c1ccccc1)N1CCS[C@@]12C(=O)N(Cc1ccccc1Cl)c1ccc(F)cc12. The van der Waals surface area contributed by atoms with Crippen molar-refractivity contribution in [3.8, 4) is 0 Å². The number of carbonyl (C=O) groups is 2. The van der Waals surface area contributed by atoms with Crippen LogP contribution in [0.5, 0.6) is 0 Å². The zero-order chi connectivity index (χ0) is 21.6. The van der Waals surface area contributed by atoms with Crippen molar-refractivity contribution in [3.05, 3.63) is 100 Å². The Kier molecular flexibility index (Phi) is 4.99. The van der Waals surface area contributed by atoms with E-state index in [1.165, 1.54) is 23.9 Å². The average molecular weight is 453 g/mol. The van der Waals surface area contributed by atoms with Gasteiger partial charge in [0.2, 0.25) is 0 Å². The van der Waals surface area contributed by atoms with Crippen LogP contribution in [-0.4, -0.2) is 29.0 Å². The molecular weight excluding hydrogens is 435 g/mol. The molecule has 0 aliphatic carbocycles. The first-order valence-corrected chi connectivity index (χ1v) is 11.2. The molecule has 1 fully saturated rings. The van der Waals surface area contributed by atoms with Gasteiger partial charge < -0.3 is 9.80 Å². The molecule has 2 heterocycles. The van der Waals surface area contributed by atoms with Crippen LogP contribution in [0.3, 0.4) is 0 Å². The Morgan fingerprint density at radius 1 is 1.06 bits per heavy atom. The Labute approximate surface area is 188 Å². The van der Waals surface area contributed by atoms with Gasteiger partial charge in [-0.25, -0.2) is 4.39 Å². The molecule has 0 bridgehead atoms. The third-order valence-corrected chi connectivity index (χ3v) is 7.50. The number of carbonyl (C=O) groups excluding carboxylic acids is 2. The van der Waals surface area contributed by atoms with Crippen molar-refractivity contribution >= 4 is 40.9 Å². The van der Waals surface area contributed by atoms with E-state index in [4.69, 9.17) is 11.6 Å². The molecule has 1 atom stereocenters. The number of fused-ring (bicyclic) bond motifs is 2. The number of rotatable bonds is 3. The lowest BCUT2D eigenvalue weighted by Gasteiger charge is -2.33. The van der Waals surface area contributed by atoms with E-state index in [9.17, 15) is 14.0 Å². The summed E-state index contributed by atoms with van der Waals surface area (Å²) in [4.78, 5) is 29.2. The highest BCUT2D eigenvalue weighted by Crippen LogP contribution is 2.55. The highest BCUT2D eigenvalue weighted by molar-refractivity contribution is 8.01. The van der Waals surface area contributed by atoms with E-state index < -0.39 is 10.7 Å². The first kappa shape index (κ1) is 20.1. The summed E-state index contributed by atoms with van der Waals surface area (Å²) < 4.78 is 14.3. The fourth-order valence-electron chi connectivity index (χ4n) is 4.28. The third-order valence-electron chi connectivity index (χ3n) is 5.71. The zero-order valence-corrected chi connectivity index (χ0v) is 18.0. The first-order chi connectivity index (χ1) is 15.0. The molecule has 2 aliphatic rings. The van der Waals surface area contributed by atoms with Crippen LogP contribution >= 0.6 is 23.4 Å². The molecule has 0 unspecified atom stereocenters. The molecule has 2 amide bonds. The van der Waals surface area contributed by atoms with E-state index in [0.29, 0.717) is 34.1 Å². The second-order valence-corrected chi connectivity index (χ2v) is 9.15. The van der Waals surface area contributed by atoms with Crippen LogP contribution in [-0.2, 0) is 16.2 Å². The zero-order valence-electron chi connectivity index (χ0n) is 16.4. The average Bonchev–Trinajstić information content (AvgIpc) is 3.32. The van der Waals surface area contributed by atoms with E-state index in [-0.39, 0.29) is 18.4 Å². The molecule has 0 radical (unpaired) electrons. The molecular formula is C24H18ClFN2O2S. The number of amides is 2. The lowest BCUT2D eigenvalue weighted by atomic mass is 10.0. The normalized spacial score (nSPS) is 19.9. The van der Waals surface area contributed by atoms with Gasteiger partial charge in [0.05, 0.1) is 12.2 Å². The van der Waals surface area contributed by atoms with Crippen LogP contribution in [0.15, 0.2) is 72.8 Å². The van der Waals surface area contributed by atoms with Crippen LogP contribution in [0, 0.1) is 5.82 Å². The Bertz CT molecular complexity index is 1190. The Balaban J connectivity index is 1.62. The van der Waals surface area contributed by atoms with Gasteiger partial charge in [0.25, 0.3) is 11.8 Å². The molecule has 31 heavy (non-hydrogen) atoms. The smallest absolute Gasteiger partial charge is 0.268 e. The lowest BCUT2D eigenvalue weighted by molar-refractivity contribution is -0.123. The number of hydrogen-bond acceptors (Lipinski definition) is 3. The van der Waals surface area contributed by atoms with Crippen molar-refractivity contribution < 1.29 is 14.0 Å². The summed E-state index contributed by atoms with van der Waals surface area (Å²) >= 11 is 7.72. The van der Waals surface area contributed by atoms with Gasteiger partial charge in [-0.2, -0.15) is 0 Å². The standard InChI is InChI=1S/C24H18ClFN2O2S/c25-20-9-5-4-8-17(20)15-27-21-11-10-18(26)14-19(21)24(23(27)30)28(12-13-31-24)22(29)16-6-2-1-3-7-16/h1-11,14H,12-13,15H2/t24-/m0/s1. The fraction of sp³-hybridized carbons (Fsp3) is 0.167. The topological polar surface area (TPSA) is 40.6 Å². The molecule has 156 valence electrons. The van der Waals surface area contributed by atoms with E-state index in [1.807, 2.05) is 24.3 Å².